The fraction of sp³-hybridized carbons (Fsp3) is 0.909. The van der Waals surface area contributed by atoms with Crippen molar-refractivity contribution in [3.63, 3.8) is 0 Å². The van der Waals surface area contributed by atoms with Gasteiger partial charge in [0.05, 0.1) is 26.7 Å². The maximum absolute atomic E-state index is 13.5. The van der Waals surface area contributed by atoms with Crippen LogP contribution in [0.4, 0.5) is 0 Å². The molecule has 5 fully saturated rings. The molecule has 5 rings (SSSR count). The molecule has 1 spiro atoms. The lowest BCUT2D eigenvalue weighted by Gasteiger charge is -2.61. The Morgan fingerprint density at radius 1 is 1.05 bits per heavy atom. The van der Waals surface area contributed by atoms with Crippen LogP contribution in [-0.4, -0.2) is 33.9 Å². The van der Waals surface area contributed by atoms with Crippen molar-refractivity contribution in [3.05, 3.63) is 11.3 Å². The minimum Gasteiger partial charge on any atom is -0.466 e. The maximum Gasteiger partial charge on any atom is 0.309 e. The first-order chi connectivity index (χ1) is 17.3. The van der Waals surface area contributed by atoms with Crippen LogP contribution in [0.15, 0.2) is 11.3 Å². The SMILES string of the molecule is CCOC(=O)[C@H](C/C=C(/C(C)C)[Si](C)(C)C)[C@H]1CC[C@H]2[C@@H]3C[C@@H](OC)[C@]45C[C@H]4CC[C@]5(C)[C@H]3CC[C@]12C. The van der Waals surface area contributed by atoms with Crippen molar-refractivity contribution in [3.8, 4) is 0 Å². The number of hydrogen-bond donors (Lipinski definition) is 0. The first-order valence-corrected chi connectivity index (χ1v) is 19.2. The Balaban J connectivity index is 1.43. The highest BCUT2D eigenvalue weighted by atomic mass is 28.3. The van der Waals surface area contributed by atoms with Gasteiger partial charge in [-0.2, -0.15) is 0 Å². The number of esters is 1. The Morgan fingerprint density at radius 3 is 2.38 bits per heavy atom. The van der Waals surface area contributed by atoms with E-state index in [2.05, 4.69) is 53.4 Å². The van der Waals surface area contributed by atoms with Gasteiger partial charge in [-0.1, -0.05) is 58.6 Å². The van der Waals surface area contributed by atoms with Gasteiger partial charge in [0.25, 0.3) is 0 Å². The first-order valence-electron chi connectivity index (χ1n) is 15.7. The Bertz CT molecular complexity index is 919. The monoisotopic (exact) mass is 528 g/mol. The van der Waals surface area contributed by atoms with E-state index in [9.17, 15) is 4.79 Å². The van der Waals surface area contributed by atoms with E-state index in [1.54, 1.807) is 5.20 Å². The fourth-order valence-electron chi connectivity index (χ4n) is 11.6. The summed E-state index contributed by atoms with van der Waals surface area (Å²) in [5.41, 5.74) is 1.19. The highest BCUT2D eigenvalue weighted by molar-refractivity contribution is 6.83. The van der Waals surface area contributed by atoms with E-state index >= 15 is 0 Å². The lowest BCUT2D eigenvalue weighted by Crippen LogP contribution is -2.57. The van der Waals surface area contributed by atoms with E-state index in [4.69, 9.17) is 9.47 Å². The zero-order valence-electron chi connectivity index (χ0n) is 25.5. The largest absolute Gasteiger partial charge is 0.466 e. The molecule has 0 radical (unpaired) electrons. The van der Waals surface area contributed by atoms with Crippen LogP contribution >= 0.6 is 0 Å². The summed E-state index contributed by atoms with van der Waals surface area (Å²) in [7, 11) is 0.561. The average Bonchev–Trinajstić information content (AvgIpc) is 3.33. The molecule has 3 nitrogen and oxygen atoms in total. The lowest BCUT2D eigenvalue weighted by atomic mass is 9.45. The highest BCUT2D eigenvalue weighted by Gasteiger charge is 2.77. The zero-order valence-corrected chi connectivity index (χ0v) is 26.5. The highest BCUT2D eigenvalue weighted by Crippen LogP contribution is 2.82. The summed E-state index contributed by atoms with van der Waals surface area (Å²) in [6, 6.07) is 0. The maximum atomic E-state index is 13.5. The molecule has 210 valence electrons. The quantitative estimate of drug-likeness (QED) is 0.235. The zero-order chi connectivity index (χ0) is 27.0. The molecule has 0 bridgehead atoms. The molecule has 37 heavy (non-hydrogen) atoms. The average molecular weight is 529 g/mol. The van der Waals surface area contributed by atoms with E-state index in [1.165, 1.54) is 51.4 Å². The summed E-state index contributed by atoms with van der Waals surface area (Å²) in [6.45, 7) is 19.7. The Morgan fingerprint density at radius 2 is 1.78 bits per heavy atom. The molecule has 5 aliphatic carbocycles. The van der Waals surface area contributed by atoms with E-state index in [-0.39, 0.29) is 17.3 Å². The molecule has 4 heteroatoms. The molecule has 0 aromatic heterocycles. The van der Waals surface area contributed by atoms with Crippen LogP contribution in [-0.2, 0) is 14.3 Å². The van der Waals surface area contributed by atoms with Crippen LogP contribution in [0.25, 0.3) is 0 Å². The molecule has 5 saturated carbocycles. The van der Waals surface area contributed by atoms with Gasteiger partial charge in [-0.25, -0.2) is 0 Å². The van der Waals surface area contributed by atoms with Crippen molar-refractivity contribution in [2.75, 3.05) is 13.7 Å². The molecule has 0 amide bonds. The summed E-state index contributed by atoms with van der Waals surface area (Å²) in [5, 5.41) is 1.61. The molecule has 0 saturated heterocycles. The Kier molecular flexibility index (Phi) is 7.17. The number of allylic oxidation sites excluding steroid dienone is 2. The van der Waals surface area contributed by atoms with Crippen molar-refractivity contribution in [2.45, 2.75) is 118 Å². The molecule has 0 heterocycles. The van der Waals surface area contributed by atoms with Gasteiger partial charge in [-0.3, -0.25) is 4.79 Å². The number of hydrogen-bond acceptors (Lipinski definition) is 3. The molecule has 0 aromatic carbocycles. The summed E-state index contributed by atoms with van der Waals surface area (Å²) in [4.78, 5) is 13.5. The van der Waals surface area contributed by atoms with E-state index in [0.717, 1.165) is 30.1 Å². The molecule has 10 atom stereocenters. The summed E-state index contributed by atoms with van der Waals surface area (Å²) >= 11 is 0. The van der Waals surface area contributed by atoms with Crippen LogP contribution in [0.5, 0.6) is 0 Å². The number of methoxy groups -OCH3 is 1. The molecule has 0 aliphatic heterocycles. The number of fused-ring (bicyclic) bond motifs is 4. The Labute approximate surface area is 228 Å². The van der Waals surface area contributed by atoms with Crippen molar-refractivity contribution in [2.24, 2.45) is 57.7 Å². The second kappa shape index (κ2) is 9.49. The molecular weight excluding hydrogens is 472 g/mol. The minimum atomic E-state index is -1.43. The van der Waals surface area contributed by atoms with Gasteiger partial charge in [0, 0.05) is 12.5 Å². The van der Waals surface area contributed by atoms with Gasteiger partial charge in [-0.15, -0.1) is 0 Å². The van der Waals surface area contributed by atoms with Crippen LogP contribution < -0.4 is 0 Å². The van der Waals surface area contributed by atoms with Crippen LogP contribution in [0, 0.1) is 57.7 Å². The predicted octanol–water partition coefficient (Wildman–Crippen LogP) is 8.30. The number of carbonyl (C=O) groups is 1. The second-order valence-corrected chi connectivity index (χ2v) is 20.7. The topological polar surface area (TPSA) is 35.5 Å². The van der Waals surface area contributed by atoms with E-state index in [1.807, 2.05) is 14.0 Å². The first kappa shape index (κ1) is 27.9. The molecule has 0 unspecified atom stereocenters. The molecular formula is C33H56O3Si. The van der Waals surface area contributed by atoms with Gasteiger partial charge < -0.3 is 9.47 Å². The Hall–Kier alpha value is -0.613. The van der Waals surface area contributed by atoms with Crippen molar-refractivity contribution < 1.29 is 14.3 Å². The summed E-state index contributed by atoms with van der Waals surface area (Å²) < 4.78 is 12.1. The van der Waals surface area contributed by atoms with Crippen LogP contribution in [0.2, 0.25) is 19.6 Å². The molecule has 5 aliphatic rings. The summed E-state index contributed by atoms with van der Waals surface area (Å²) in [5.74, 6) is 4.31. The number of ether oxygens (including phenoxy) is 2. The predicted molar refractivity (Wildman–Crippen MR) is 155 cm³/mol. The molecule has 0 N–H and O–H groups in total. The molecule has 0 aromatic rings. The van der Waals surface area contributed by atoms with Gasteiger partial charge >= 0.3 is 5.97 Å². The van der Waals surface area contributed by atoms with Crippen molar-refractivity contribution >= 4 is 14.0 Å². The minimum absolute atomic E-state index is 0.000338. The normalized spacial score (nSPS) is 45.6. The number of carbonyl (C=O) groups excluding carboxylic acids is 1. The van der Waals surface area contributed by atoms with Gasteiger partial charge in [-0.05, 0) is 111 Å². The standard InChI is InChI=1S/C33H56O3Si/c1-10-36-30(34)23(11-14-28(21(2)3)37(7,8)9)25-12-13-26-24-19-29(35-6)33-20-22(33)15-18-32(33,5)27(24)16-17-31(25,26)4/h14,21-27,29H,10-13,15-20H2,1-9H3/b28-14-/t22-,23-,24+,25-,26+,27+,29-,31-,32-,33+/m1/s1. The second-order valence-electron chi connectivity index (χ2n) is 15.6. The third-order valence-electron chi connectivity index (χ3n) is 13.1. The number of rotatable bonds is 8. The van der Waals surface area contributed by atoms with Gasteiger partial charge in [0.1, 0.15) is 0 Å². The van der Waals surface area contributed by atoms with E-state index < -0.39 is 8.07 Å². The lowest BCUT2D eigenvalue weighted by molar-refractivity contribution is -0.167. The van der Waals surface area contributed by atoms with E-state index in [0.29, 0.717) is 35.4 Å². The van der Waals surface area contributed by atoms with Crippen molar-refractivity contribution in [1.29, 1.82) is 0 Å². The van der Waals surface area contributed by atoms with Gasteiger partial charge in [0.2, 0.25) is 0 Å². The third-order valence-corrected chi connectivity index (χ3v) is 15.6. The van der Waals surface area contributed by atoms with Crippen molar-refractivity contribution in [1.82, 2.24) is 0 Å². The van der Waals surface area contributed by atoms with Crippen LogP contribution in [0.3, 0.4) is 0 Å². The third kappa shape index (κ3) is 4.07. The van der Waals surface area contributed by atoms with Crippen LogP contribution in [0.1, 0.15) is 92.4 Å². The fourth-order valence-corrected chi connectivity index (χ4v) is 14.1. The van der Waals surface area contributed by atoms with Gasteiger partial charge in [0.15, 0.2) is 0 Å². The smallest absolute Gasteiger partial charge is 0.309 e. The summed E-state index contributed by atoms with van der Waals surface area (Å²) in [6.07, 6.45) is 14.4.